The molecule has 1 aromatic heterocycles. The van der Waals surface area contributed by atoms with Crippen LogP contribution in [0.25, 0.3) is 0 Å². The lowest BCUT2D eigenvalue weighted by Gasteiger charge is -2.11. The van der Waals surface area contributed by atoms with Gasteiger partial charge in [0, 0.05) is 12.0 Å². The van der Waals surface area contributed by atoms with E-state index in [0.717, 1.165) is 11.3 Å². The van der Waals surface area contributed by atoms with Crippen LogP contribution in [0.2, 0.25) is 0 Å². The van der Waals surface area contributed by atoms with Crippen molar-refractivity contribution in [3.05, 3.63) is 72.1 Å². The highest BCUT2D eigenvalue weighted by atomic mass is 16.5. The van der Waals surface area contributed by atoms with Crippen LogP contribution < -0.4 is 20.7 Å². The highest BCUT2D eigenvalue weighted by Crippen LogP contribution is 2.25. The number of nitrogens with one attached hydrogen (secondary N) is 1. The van der Waals surface area contributed by atoms with Crippen LogP contribution >= 0.6 is 0 Å². The lowest BCUT2D eigenvalue weighted by atomic mass is 10.2. The van der Waals surface area contributed by atoms with Crippen molar-refractivity contribution in [2.75, 3.05) is 5.43 Å². The van der Waals surface area contributed by atoms with Gasteiger partial charge in [-0.2, -0.15) is 4.98 Å². The molecule has 26 heavy (non-hydrogen) atoms. The quantitative estimate of drug-likeness (QED) is 0.489. The Labute approximate surface area is 153 Å². The first-order valence-electron chi connectivity index (χ1n) is 8.44. The highest BCUT2D eigenvalue weighted by Gasteiger charge is 2.09. The Balaban J connectivity index is 1.66. The molecule has 0 aliphatic carbocycles. The van der Waals surface area contributed by atoms with E-state index in [1.807, 2.05) is 68.4 Å². The second kappa shape index (κ2) is 8.31. The van der Waals surface area contributed by atoms with E-state index in [1.54, 1.807) is 6.07 Å². The molecule has 3 rings (SSSR count). The van der Waals surface area contributed by atoms with E-state index in [1.165, 1.54) is 0 Å². The molecule has 0 saturated heterocycles. The monoisotopic (exact) mass is 350 g/mol. The summed E-state index contributed by atoms with van der Waals surface area (Å²) in [6.07, 6.45) is 0. The number of nitrogens with two attached hydrogens (primary N) is 1. The number of hydrogen-bond acceptors (Lipinski definition) is 6. The minimum absolute atomic E-state index is 0.166. The molecule has 0 spiro atoms. The number of nitrogen functional groups attached to an aromatic ring is 1. The number of nitrogens with zero attached hydrogens (tertiary/aromatic N) is 2. The van der Waals surface area contributed by atoms with Gasteiger partial charge in [0.2, 0.25) is 5.88 Å². The van der Waals surface area contributed by atoms with Crippen LogP contribution in [0, 0.1) is 0 Å². The van der Waals surface area contributed by atoms with Crippen LogP contribution in [-0.2, 0) is 6.61 Å². The van der Waals surface area contributed by atoms with Crippen molar-refractivity contribution in [2.45, 2.75) is 26.4 Å². The SMILES string of the molecule is CC(C)c1nc(NN)cc(Oc2ccc(OCc3ccccc3)cc2)n1. The smallest absolute Gasteiger partial charge is 0.224 e. The van der Waals surface area contributed by atoms with Gasteiger partial charge in [-0.05, 0) is 29.8 Å². The molecule has 3 aromatic rings. The first-order chi connectivity index (χ1) is 12.6. The summed E-state index contributed by atoms with van der Waals surface area (Å²) in [5.41, 5.74) is 3.66. The number of rotatable bonds is 7. The van der Waals surface area contributed by atoms with E-state index in [-0.39, 0.29) is 5.92 Å². The molecule has 0 unspecified atom stereocenters. The molecule has 0 fully saturated rings. The van der Waals surface area contributed by atoms with Crippen LogP contribution in [0.15, 0.2) is 60.7 Å². The summed E-state index contributed by atoms with van der Waals surface area (Å²) in [4.78, 5) is 8.73. The molecular formula is C20H22N4O2. The lowest BCUT2D eigenvalue weighted by Crippen LogP contribution is -2.11. The molecule has 0 aliphatic rings. The van der Waals surface area contributed by atoms with Gasteiger partial charge in [-0.3, -0.25) is 0 Å². The van der Waals surface area contributed by atoms with Gasteiger partial charge < -0.3 is 14.9 Å². The second-order valence-electron chi connectivity index (χ2n) is 6.10. The van der Waals surface area contributed by atoms with Gasteiger partial charge in [-0.1, -0.05) is 44.2 Å². The standard InChI is InChI=1S/C20H22N4O2/c1-14(2)20-22-18(24-21)12-19(23-20)26-17-10-8-16(9-11-17)25-13-15-6-4-3-5-7-15/h3-12,14H,13,21H2,1-2H3,(H,22,23,24). The van der Waals surface area contributed by atoms with Gasteiger partial charge in [0.15, 0.2) is 0 Å². The first-order valence-corrected chi connectivity index (χ1v) is 8.44. The summed E-state index contributed by atoms with van der Waals surface area (Å²) in [6, 6.07) is 19.1. The van der Waals surface area contributed by atoms with Crippen molar-refractivity contribution in [1.29, 1.82) is 0 Å². The summed E-state index contributed by atoms with van der Waals surface area (Å²) in [5.74, 6) is 8.69. The molecule has 6 nitrogen and oxygen atoms in total. The summed E-state index contributed by atoms with van der Waals surface area (Å²) >= 11 is 0. The van der Waals surface area contributed by atoms with Crippen LogP contribution in [0.5, 0.6) is 17.4 Å². The Kier molecular flexibility index (Phi) is 5.66. The van der Waals surface area contributed by atoms with Gasteiger partial charge in [0.1, 0.15) is 29.7 Å². The van der Waals surface area contributed by atoms with Crippen molar-refractivity contribution in [3.63, 3.8) is 0 Å². The lowest BCUT2D eigenvalue weighted by molar-refractivity contribution is 0.305. The number of benzene rings is 2. The number of hydrazine groups is 1. The molecule has 134 valence electrons. The van der Waals surface area contributed by atoms with Gasteiger partial charge in [0.25, 0.3) is 0 Å². The Hall–Kier alpha value is -3.12. The van der Waals surface area contributed by atoms with Crippen LogP contribution in [-0.4, -0.2) is 9.97 Å². The third-order valence-corrected chi connectivity index (χ3v) is 3.68. The van der Waals surface area contributed by atoms with E-state index in [4.69, 9.17) is 15.3 Å². The Morgan fingerprint density at radius 1 is 0.962 bits per heavy atom. The van der Waals surface area contributed by atoms with Crippen LogP contribution in [0.1, 0.15) is 31.2 Å². The molecule has 0 bridgehead atoms. The van der Waals surface area contributed by atoms with Crippen molar-refractivity contribution in [3.8, 4) is 17.4 Å². The van der Waals surface area contributed by atoms with Crippen LogP contribution in [0.4, 0.5) is 5.82 Å². The van der Waals surface area contributed by atoms with E-state index < -0.39 is 0 Å². The van der Waals surface area contributed by atoms with E-state index >= 15 is 0 Å². The maximum atomic E-state index is 5.83. The fourth-order valence-corrected chi connectivity index (χ4v) is 2.29. The normalized spacial score (nSPS) is 10.6. The number of aromatic nitrogens is 2. The average Bonchev–Trinajstić information content (AvgIpc) is 2.68. The molecule has 6 heteroatoms. The third-order valence-electron chi connectivity index (χ3n) is 3.68. The molecule has 0 saturated carbocycles. The molecule has 0 atom stereocenters. The maximum absolute atomic E-state index is 5.83. The largest absolute Gasteiger partial charge is 0.489 e. The highest BCUT2D eigenvalue weighted by molar-refractivity contribution is 5.40. The van der Waals surface area contributed by atoms with E-state index in [9.17, 15) is 0 Å². The Morgan fingerprint density at radius 2 is 1.65 bits per heavy atom. The molecule has 0 radical (unpaired) electrons. The summed E-state index contributed by atoms with van der Waals surface area (Å²) in [6.45, 7) is 4.55. The minimum Gasteiger partial charge on any atom is -0.489 e. The molecule has 0 amide bonds. The fourth-order valence-electron chi connectivity index (χ4n) is 2.29. The van der Waals surface area contributed by atoms with Crippen molar-refractivity contribution in [2.24, 2.45) is 5.84 Å². The molecular weight excluding hydrogens is 328 g/mol. The zero-order valence-corrected chi connectivity index (χ0v) is 14.8. The van der Waals surface area contributed by atoms with Gasteiger partial charge >= 0.3 is 0 Å². The molecule has 3 N–H and O–H groups in total. The van der Waals surface area contributed by atoms with Gasteiger partial charge in [-0.15, -0.1) is 0 Å². The third kappa shape index (κ3) is 4.70. The zero-order valence-electron chi connectivity index (χ0n) is 14.8. The summed E-state index contributed by atoms with van der Waals surface area (Å²) < 4.78 is 11.6. The Bertz CT molecular complexity index is 836. The number of hydrogen-bond donors (Lipinski definition) is 2. The zero-order chi connectivity index (χ0) is 18.4. The molecule has 1 heterocycles. The van der Waals surface area contributed by atoms with Gasteiger partial charge in [-0.25, -0.2) is 10.8 Å². The summed E-state index contributed by atoms with van der Waals surface area (Å²) in [5, 5.41) is 0. The summed E-state index contributed by atoms with van der Waals surface area (Å²) in [7, 11) is 0. The van der Waals surface area contributed by atoms with Crippen molar-refractivity contribution < 1.29 is 9.47 Å². The Morgan fingerprint density at radius 3 is 2.31 bits per heavy atom. The van der Waals surface area contributed by atoms with Crippen LogP contribution in [0.3, 0.4) is 0 Å². The average molecular weight is 350 g/mol. The number of anilines is 1. The van der Waals surface area contributed by atoms with Crippen molar-refractivity contribution in [1.82, 2.24) is 9.97 Å². The predicted molar refractivity (Wildman–Crippen MR) is 101 cm³/mol. The number of ether oxygens (including phenoxy) is 2. The van der Waals surface area contributed by atoms with Crippen molar-refractivity contribution >= 4 is 5.82 Å². The topological polar surface area (TPSA) is 82.3 Å². The fraction of sp³-hybridized carbons (Fsp3) is 0.200. The second-order valence-corrected chi connectivity index (χ2v) is 6.10. The minimum atomic E-state index is 0.166. The molecule has 2 aromatic carbocycles. The first kappa shape index (κ1) is 17.7. The van der Waals surface area contributed by atoms with E-state index in [0.29, 0.717) is 29.9 Å². The predicted octanol–water partition coefficient (Wildman–Crippen LogP) is 4.26. The van der Waals surface area contributed by atoms with Gasteiger partial charge in [0.05, 0.1) is 0 Å². The molecule has 0 aliphatic heterocycles. The maximum Gasteiger partial charge on any atom is 0.224 e. The van der Waals surface area contributed by atoms with E-state index in [2.05, 4.69) is 15.4 Å².